The number of hydrogen-bond acceptors (Lipinski definition) is 5. The maximum atomic E-state index is 6.10. The topological polar surface area (TPSA) is 70.3 Å². The summed E-state index contributed by atoms with van der Waals surface area (Å²) in [6, 6.07) is 7.73. The van der Waals surface area contributed by atoms with Crippen LogP contribution in [-0.2, 0) is 0 Å². The van der Waals surface area contributed by atoms with E-state index in [1.54, 1.807) is 0 Å². The van der Waals surface area contributed by atoms with Gasteiger partial charge in [-0.15, -0.1) is 0 Å². The highest BCUT2D eigenvalue weighted by atomic mass is 16.5. The molecule has 0 spiro atoms. The molecule has 1 heterocycles. The standard InChI is InChI=1S/C17H21N3O2/c1-12-7-9-14(10-8-12)22-17-15(18)16(19-11-20-17)21-13-5-3-2-4-6-13/h7-11,13H,2-6,18H2,1H3. The number of anilines is 1. The lowest BCUT2D eigenvalue weighted by Crippen LogP contribution is -2.21. The second-order valence-electron chi connectivity index (χ2n) is 5.69. The molecule has 0 amide bonds. The van der Waals surface area contributed by atoms with Gasteiger partial charge in [-0.3, -0.25) is 0 Å². The quantitative estimate of drug-likeness (QED) is 0.928. The zero-order valence-electron chi connectivity index (χ0n) is 12.8. The fourth-order valence-corrected chi connectivity index (χ4v) is 2.60. The lowest BCUT2D eigenvalue weighted by atomic mass is 9.98. The molecule has 1 aromatic heterocycles. The molecule has 1 aliphatic carbocycles. The molecule has 5 heteroatoms. The highest BCUT2D eigenvalue weighted by molar-refractivity contribution is 5.56. The molecule has 0 bridgehead atoms. The van der Waals surface area contributed by atoms with Crippen molar-refractivity contribution >= 4 is 5.69 Å². The van der Waals surface area contributed by atoms with Crippen LogP contribution in [0.4, 0.5) is 5.69 Å². The molecule has 1 aliphatic rings. The molecule has 0 unspecified atom stereocenters. The minimum atomic E-state index is 0.193. The molecule has 22 heavy (non-hydrogen) atoms. The summed E-state index contributed by atoms with van der Waals surface area (Å²) >= 11 is 0. The first kappa shape index (κ1) is 14.6. The molecule has 0 aliphatic heterocycles. The third-order valence-corrected chi connectivity index (χ3v) is 3.88. The van der Waals surface area contributed by atoms with Crippen molar-refractivity contribution in [2.45, 2.75) is 45.1 Å². The molecular weight excluding hydrogens is 278 g/mol. The van der Waals surface area contributed by atoms with Crippen LogP contribution in [0.3, 0.4) is 0 Å². The Kier molecular flexibility index (Phi) is 4.42. The number of nitrogens with zero attached hydrogens (tertiary/aromatic N) is 2. The van der Waals surface area contributed by atoms with Crippen LogP contribution in [0.15, 0.2) is 30.6 Å². The Morgan fingerprint density at radius 3 is 2.41 bits per heavy atom. The number of rotatable bonds is 4. The van der Waals surface area contributed by atoms with Gasteiger partial charge in [-0.05, 0) is 44.7 Å². The molecular formula is C17H21N3O2. The van der Waals surface area contributed by atoms with Gasteiger partial charge in [0.05, 0.1) is 0 Å². The van der Waals surface area contributed by atoms with E-state index in [9.17, 15) is 0 Å². The van der Waals surface area contributed by atoms with E-state index >= 15 is 0 Å². The molecule has 1 saturated carbocycles. The zero-order valence-corrected chi connectivity index (χ0v) is 12.8. The molecule has 3 rings (SSSR count). The Labute approximate surface area is 130 Å². The monoisotopic (exact) mass is 299 g/mol. The average molecular weight is 299 g/mol. The van der Waals surface area contributed by atoms with Crippen molar-refractivity contribution in [3.63, 3.8) is 0 Å². The van der Waals surface area contributed by atoms with Crippen molar-refractivity contribution in [2.24, 2.45) is 0 Å². The molecule has 1 aromatic carbocycles. The predicted octanol–water partition coefficient (Wildman–Crippen LogP) is 3.87. The number of hydrogen-bond donors (Lipinski definition) is 1. The van der Waals surface area contributed by atoms with Gasteiger partial charge in [0.1, 0.15) is 18.2 Å². The second-order valence-corrected chi connectivity index (χ2v) is 5.69. The van der Waals surface area contributed by atoms with Gasteiger partial charge in [0, 0.05) is 0 Å². The van der Waals surface area contributed by atoms with Crippen molar-refractivity contribution in [2.75, 3.05) is 5.73 Å². The summed E-state index contributed by atoms with van der Waals surface area (Å²) in [6.45, 7) is 2.03. The number of aryl methyl sites for hydroxylation is 1. The van der Waals surface area contributed by atoms with Gasteiger partial charge in [-0.1, -0.05) is 24.1 Å². The van der Waals surface area contributed by atoms with Gasteiger partial charge >= 0.3 is 0 Å². The summed E-state index contributed by atoms with van der Waals surface area (Å²) in [5.41, 5.74) is 7.63. The van der Waals surface area contributed by atoms with Crippen molar-refractivity contribution in [1.29, 1.82) is 0 Å². The van der Waals surface area contributed by atoms with E-state index in [-0.39, 0.29) is 6.10 Å². The van der Waals surface area contributed by atoms with E-state index in [0.29, 0.717) is 23.2 Å². The zero-order chi connectivity index (χ0) is 15.4. The summed E-state index contributed by atoms with van der Waals surface area (Å²) in [5.74, 6) is 1.45. The largest absolute Gasteiger partial charge is 0.473 e. The molecule has 0 atom stereocenters. The van der Waals surface area contributed by atoms with Crippen LogP contribution in [0.5, 0.6) is 17.5 Å². The van der Waals surface area contributed by atoms with E-state index in [2.05, 4.69) is 9.97 Å². The van der Waals surface area contributed by atoms with Gasteiger partial charge in [-0.25, -0.2) is 0 Å². The number of nitrogen functional groups attached to an aromatic ring is 1. The van der Waals surface area contributed by atoms with Crippen LogP contribution in [0, 0.1) is 6.92 Å². The minimum absolute atomic E-state index is 0.193. The number of aromatic nitrogens is 2. The molecule has 2 N–H and O–H groups in total. The Bertz CT molecular complexity index is 622. The molecule has 116 valence electrons. The van der Waals surface area contributed by atoms with Gasteiger partial charge in [0.2, 0.25) is 11.8 Å². The summed E-state index contributed by atoms with van der Waals surface area (Å²) in [4.78, 5) is 8.26. The number of benzene rings is 1. The van der Waals surface area contributed by atoms with E-state index in [4.69, 9.17) is 15.2 Å². The van der Waals surface area contributed by atoms with Crippen LogP contribution in [0.1, 0.15) is 37.7 Å². The van der Waals surface area contributed by atoms with Gasteiger partial charge < -0.3 is 15.2 Å². The Morgan fingerprint density at radius 1 is 1.00 bits per heavy atom. The first-order valence-corrected chi connectivity index (χ1v) is 7.74. The fraction of sp³-hybridized carbons (Fsp3) is 0.412. The third-order valence-electron chi connectivity index (χ3n) is 3.88. The highest BCUT2D eigenvalue weighted by Gasteiger charge is 2.19. The summed E-state index contributed by atoms with van der Waals surface area (Å²) < 4.78 is 11.7. The van der Waals surface area contributed by atoms with E-state index < -0.39 is 0 Å². The lowest BCUT2D eigenvalue weighted by Gasteiger charge is -2.23. The summed E-state index contributed by atoms with van der Waals surface area (Å²) in [6.07, 6.45) is 7.40. The van der Waals surface area contributed by atoms with Crippen LogP contribution >= 0.6 is 0 Å². The maximum absolute atomic E-state index is 6.10. The van der Waals surface area contributed by atoms with Crippen molar-refractivity contribution in [3.05, 3.63) is 36.2 Å². The van der Waals surface area contributed by atoms with Gasteiger partial charge in [-0.2, -0.15) is 9.97 Å². The molecule has 1 fully saturated rings. The first-order valence-electron chi connectivity index (χ1n) is 7.74. The lowest BCUT2D eigenvalue weighted by molar-refractivity contribution is 0.149. The third kappa shape index (κ3) is 3.47. The van der Waals surface area contributed by atoms with Gasteiger partial charge in [0.25, 0.3) is 0 Å². The van der Waals surface area contributed by atoms with E-state index in [1.165, 1.54) is 31.2 Å². The smallest absolute Gasteiger partial charge is 0.249 e. The van der Waals surface area contributed by atoms with E-state index in [0.717, 1.165) is 12.8 Å². The first-order chi connectivity index (χ1) is 10.7. The Balaban J connectivity index is 1.74. The summed E-state index contributed by atoms with van der Waals surface area (Å²) in [7, 11) is 0. The summed E-state index contributed by atoms with van der Waals surface area (Å²) in [5, 5.41) is 0. The highest BCUT2D eigenvalue weighted by Crippen LogP contribution is 2.32. The molecule has 2 aromatic rings. The molecule has 5 nitrogen and oxygen atoms in total. The second kappa shape index (κ2) is 6.64. The number of nitrogens with two attached hydrogens (primary N) is 1. The number of ether oxygens (including phenoxy) is 2. The van der Waals surface area contributed by atoms with Crippen LogP contribution in [-0.4, -0.2) is 16.1 Å². The minimum Gasteiger partial charge on any atom is -0.473 e. The van der Waals surface area contributed by atoms with Gasteiger partial charge in [0.15, 0.2) is 5.69 Å². The van der Waals surface area contributed by atoms with E-state index in [1.807, 2.05) is 31.2 Å². The Morgan fingerprint density at radius 2 is 1.68 bits per heavy atom. The van der Waals surface area contributed by atoms with Crippen molar-refractivity contribution < 1.29 is 9.47 Å². The fourth-order valence-electron chi connectivity index (χ4n) is 2.60. The van der Waals surface area contributed by atoms with Crippen molar-refractivity contribution in [1.82, 2.24) is 9.97 Å². The van der Waals surface area contributed by atoms with Crippen molar-refractivity contribution in [3.8, 4) is 17.5 Å². The SMILES string of the molecule is Cc1ccc(Oc2ncnc(OC3CCCCC3)c2N)cc1. The maximum Gasteiger partial charge on any atom is 0.249 e. The Hall–Kier alpha value is -2.30. The van der Waals surface area contributed by atoms with Crippen LogP contribution in [0.2, 0.25) is 0 Å². The molecule has 0 radical (unpaired) electrons. The van der Waals surface area contributed by atoms with Crippen LogP contribution < -0.4 is 15.2 Å². The normalized spacial score (nSPS) is 15.5. The molecule has 0 saturated heterocycles. The average Bonchev–Trinajstić information content (AvgIpc) is 2.54. The predicted molar refractivity (Wildman–Crippen MR) is 85.2 cm³/mol. The van der Waals surface area contributed by atoms with Crippen LogP contribution in [0.25, 0.3) is 0 Å².